The number of halogens is 3. The Morgan fingerprint density at radius 3 is 2.27 bits per heavy atom. The molecule has 7 nitrogen and oxygen atoms in total. The second-order valence-corrected chi connectivity index (χ2v) is 11.9. The van der Waals surface area contributed by atoms with E-state index in [2.05, 4.69) is 5.32 Å². The van der Waals surface area contributed by atoms with Gasteiger partial charge in [0.2, 0.25) is 5.91 Å². The van der Waals surface area contributed by atoms with Crippen LogP contribution in [-0.4, -0.2) is 47.4 Å². The van der Waals surface area contributed by atoms with E-state index >= 15 is 0 Å². The SMILES string of the molecule is COc1ccc(S(=O)(=O)N(CC(=O)NCCSCc2ccc(Cl)c(Cl)c2)c2ccc(Cl)cc2)cc1OC. The van der Waals surface area contributed by atoms with E-state index in [1.165, 1.54) is 32.4 Å². The highest BCUT2D eigenvalue weighted by Crippen LogP contribution is 2.32. The largest absolute Gasteiger partial charge is 0.493 e. The molecule has 0 bridgehead atoms. The lowest BCUT2D eigenvalue weighted by Crippen LogP contribution is -2.41. The number of sulfonamides is 1. The topological polar surface area (TPSA) is 84.9 Å². The van der Waals surface area contributed by atoms with Crippen molar-refractivity contribution in [2.24, 2.45) is 0 Å². The molecular formula is C25H25Cl3N2O5S2. The minimum absolute atomic E-state index is 0.0509. The fourth-order valence-corrected chi connectivity index (χ4v) is 5.98. The smallest absolute Gasteiger partial charge is 0.264 e. The lowest BCUT2D eigenvalue weighted by Gasteiger charge is -2.24. The van der Waals surface area contributed by atoms with Crippen molar-refractivity contribution < 1.29 is 22.7 Å². The highest BCUT2D eigenvalue weighted by Gasteiger charge is 2.28. The van der Waals surface area contributed by atoms with E-state index in [0.29, 0.717) is 44.6 Å². The van der Waals surface area contributed by atoms with Crippen LogP contribution >= 0.6 is 46.6 Å². The number of hydrogen-bond acceptors (Lipinski definition) is 6. The summed E-state index contributed by atoms with van der Waals surface area (Å²) >= 11 is 19.6. The normalized spacial score (nSPS) is 11.2. The van der Waals surface area contributed by atoms with Crippen molar-refractivity contribution in [2.45, 2.75) is 10.6 Å². The number of methoxy groups -OCH3 is 2. The molecule has 0 aromatic heterocycles. The van der Waals surface area contributed by atoms with Crippen molar-refractivity contribution in [3.05, 3.63) is 81.3 Å². The zero-order valence-corrected chi connectivity index (χ0v) is 23.9. The molecule has 0 radical (unpaired) electrons. The van der Waals surface area contributed by atoms with Crippen LogP contribution in [-0.2, 0) is 20.6 Å². The van der Waals surface area contributed by atoms with E-state index in [-0.39, 0.29) is 10.6 Å². The van der Waals surface area contributed by atoms with E-state index < -0.39 is 22.5 Å². The van der Waals surface area contributed by atoms with E-state index in [4.69, 9.17) is 44.3 Å². The first-order chi connectivity index (χ1) is 17.6. The molecule has 0 heterocycles. The Morgan fingerprint density at radius 2 is 1.62 bits per heavy atom. The fraction of sp³-hybridized carbons (Fsp3) is 0.240. The Bertz CT molecular complexity index is 1340. The summed E-state index contributed by atoms with van der Waals surface area (Å²) in [5, 5.41) is 4.21. The first-order valence-corrected chi connectivity index (χ1v) is 14.7. The molecule has 0 aliphatic heterocycles. The van der Waals surface area contributed by atoms with Gasteiger partial charge in [-0.15, -0.1) is 0 Å². The van der Waals surface area contributed by atoms with Gasteiger partial charge in [0.15, 0.2) is 11.5 Å². The maximum Gasteiger partial charge on any atom is 0.264 e. The number of hydrogen-bond donors (Lipinski definition) is 1. The van der Waals surface area contributed by atoms with Crippen molar-refractivity contribution in [1.29, 1.82) is 0 Å². The molecule has 12 heteroatoms. The Balaban J connectivity index is 1.69. The van der Waals surface area contributed by atoms with Crippen LogP contribution < -0.4 is 19.1 Å². The quantitative estimate of drug-likeness (QED) is 0.259. The molecule has 0 saturated carbocycles. The number of carbonyl (C=O) groups is 1. The first-order valence-electron chi connectivity index (χ1n) is 10.9. The predicted molar refractivity (Wildman–Crippen MR) is 151 cm³/mol. The van der Waals surface area contributed by atoms with Gasteiger partial charge in [-0.25, -0.2) is 8.42 Å². The number of nitrogens with one attached hydrogen (secondary N) is 1. The molecule has 1 amide bonds. The highest BCUT2D eigenvalue weighted by molar-refractivity contribution is 7.98. The molecule has 3 rings (SSSR count). The Labute approximate surface area is 236 Å². The third-order valence-electron chi connectivity index (χ3n) is 5.17. The highest BCUT2D eigenvalue weighted by atomic mass is 35.5. The monoisotopic (exact) mass is 602 g/mol. The fourth-order valence-electron chi connectivity index (χ4n) is 3.30. The number of amides is 1. The van der Waals surface area contributed by atoms with E-state index in [0.717, 1.165) is 9.87 Å². The summed E-state index contributed by atoms with van der Waals surface area (Å²) in [6, 6.07) is 15.9. The van der Waals surface area contributed by atoms with Gasteiger partial charge in [0.25, 0.3) is 10.0 Å². The Morgan fingerprint density at radius 1 is 0.919 bits per heavy atom. The van der Waals surface area contributed by atoms with Crippen LogP contribution in [0.3, 0.4) is 0 Å². The maximum atomic E-state index is 13.6. The van der Waals surface area contributed by atoms with Crippen molar-refractivity contribution in [1.82, 2.24) is 5.32 Å². The van der Waals surface area contributed by atoms with E-state index in [9.17, 15) is 13.2 Å². The summed E-state index contributed by atoms with van der Waals surface area (Å²) in [6.45, 7) is -0.0640. The standard InChI is InChI=1S/C25H25Cl3N2O5S2/c1-34-23-10-8-20(14-24(23)35-2)37(32,33)30(19-6-4-18(26)5-7-19)15-25(31)29-11-12-36-16-17-3-9-21(27)22(28)13-17/h3-10,13-14H,11-12,15-16H2,1-2H3,(H,29,31). The van der Waals surface area contributed by atoms with Crippen LogP contribution in [0, 0.1) is 0 Å². The zero-order chi connectivity index (χ0) is 27.0. The van der Waals surface area contributed by atoms with Crippen LogP contribution in [0.15, 0.2) is 65.6 Å². The van der Waals surface area contributed by atoms with Crippen molar-refractivity contribution in [3.63, 3.8) is 0 Å². The molecule has 3 aromatic rings. The predicted octanol–water partition coefficient (Wildman–Crippen LogP) is 5.91. The molecule has 0 unspecified atom stereocenters. The molecule has 0 aliphatic carbocycles. The van der Waals surface area contributed by atoms with Crippen LogP contribution in [0.5, 0.6) is 11.5 Å². The van der Waals surface area contributed by atoms with Crippen molar-refractivity contribution >= 4 is 68.2 Å². The Hall–Kier alpha value is -2.30. The summed E-state index contributed by atoms with van der Waals surface area (Å²) in [4.78, 5) is 12.7. The molecule has 198 valence electrons. The number of anilines is 1. The van der Waals surface area contributed by atoms with Gasteiger partial charge in [-0.1, -0.05) is 40.9 Å². The molecule has 0 fully saturated rings. The van der Waals surface area contributed by atoms with Gasteiger partial charge in [0.05, 0.1) is 34.8 Å². The molecule has 0 saturated heterocycles. The van der Waals surface area contributed by atoms with Crippen molar-refractivity contribution in [2.75, 3.05) is 37.4 Å². The molecule has 0 aliphatic rings. The van der Waals surface area contributed by atoms with Gasteiger partial charge in [-0.05, 0) is 54.1 Å². The lowest BCUT2D eigenvalue weighted by atomic mass is 10.2. The lowest BCUT2D eigenvalue weighted by molar-refractivity contribution is -0.119. The number of benzene rings is 3. The minimum atomic E-state index is -4.13. The third-order valence-corrected chi connectivity index (χ3v) is 8.96. The van der Waals surface area contributed by atoms with Crippen LogP contribution in [0.2, 0.25) is 15.1 Å². The molecule has 37 heavy (non-hydrogen) atoms. The van der Waals surface area contributed by atoms with Gasteiger partial charge in [0.1, 0.15) is 6.54 Å². The number of carbonyl (C=O) groups excluding carboxylic acids is 1. The van der Waals surface area contributed by atoms with Gasteiger partial charge in [-0.2, -0.15) is 11.8 Å². The zero-order valence-electron chi connectivity index (χ0n) is 20.0. The molecular weight excluding hydrogens is 579 g/mol. The van der Waals surface area contributed by atoms with E-state index in [1.54, 1.807) is 48.2 Å². The summed E-state index contributed by atoms with van der Waals surface area (Å²) in [6.07, 6.45) is 0. The summed E-state index contributed by atoms with van der Waals surface area (Å²) in [5.41, 5.74) is 1.31. The maximum absolute atomic E-state index is 13.6. The second-order valence-electron chi connectivity index (χ2n) is 7.66. The van der Waals surface area contributed by atoms with Gasteiger partial charge in [-0.3, -0.25) is 9.10 Å². The molecule has 0 spiro atoms. The number of nitrogens with zero attached hydrogens (tertiary/aromatic N) is 1. The molecule has 1 N–H and O–H groups in total. The van der Waals surface area contributed by atoms with Gasteiger partial charge < -0.3 is 14.8 Å². The Kier molecular flexibility index (Phi) is 10.7. The first kappa shape index (κ1) is 29.3. The second kappa shape index (κ2) is 13.5. The third kappa shape index (κ3) is 7.85. The summed E-state index contributed by atoms with van der Waals surface area (Å²) in [5.74, 6) is 1.50. The minimum Gasteiger partial charge on any atom is -0.493 e. The van der Waals surface area contributed by atoms with Gasteiger partial charge >= 0.3 is 0 Å². The average Bonchev–Trinajstić information content (AvgIpc) is 2.89. The number of thioether (sulfide) groups is 1. The van der Waals surface area contributed by atoms with Crippen LogP contribution in [0.1, 0.15) is 5.56 Å². The summed E-state index contributed by atoms with van der Waals surface area (Å²) < 4.78 is 38.7. The summed E-state index contributed by atoms with van der Waals surface area (Å²) in [7, 11) is -1.26. The number of ether oxygens (including phenoxy) is 2. The van der Waals surface area contributed by atoms with Gasteiger partial charge in [0, 0.05) is 29.1 Å². The molecule has 0 atom stereocenters. The number of rotatable bonds is 12. The van der Waals surface area contributed by atoms with Crippen LogP contribution in [0.4, 0.5) is 5.69 Å². The van der Waals surface area contributed by atoms with Crippen molar-refractivity contribution in [3.8, 4) is 11.5 Å². The molecule has 3 aromatic carbocycles. The average molecular weight is 604 g/mol. The van der Waals surface area contributed by atoms with Crippen LogP contribution in [0.25, 0.3) is 0 Å². The van der Waals surface area contributed by atoms with E-state index in [1.807, 2.05) is 6.07 Å².